The summed E-state index contributed by atoms with van der Waals surface area (Å²) in [6.45, 7) is 0. The van der Waals surface area contributed by atoms with E-state index in [9.17, 15) is 0 Å². The highest BCUT2D eigenvalue weighted by molar-refractivity contribution is 6.26. The number of nitrogens with zero attached hydrogens (tertiary/aromatic N) is 2. The SMILES string of the molecule is c1ccc(-n2c3cc(-c4cccc5c4c4ccccc4n5-c4cccc5ccccc45)ccc3c3c4cccc5c4c(cc32)Oc2ccccc2-5)cc1. The third kappa shape index (κ3) is 3.94. The standard InChI is InChI=1S/C50H30N2O/c1-2-15-33(16-3-1)51-44-29-32(27-28-39(44)49-40-22-11-21-37-36-18-7-9-26-46(36)53-47(50(37)40)30-45(49)51)35-20-12-25-43-48(35)38-19-6-8-23-42(38)52(43)41-24-10-14-31-13-4-5-17-34(31)41/h1-30H. The van der Waals surface area contributed by atoms with E-state index < -0.39 is 0 Å². The van der Waals surface area contributed by atoms with E-state index in [1.54, 1.807) is 0 Å². The van der Waals surface area contributed by atoms with E-state index in [1.807, 2.05) is 6.07 Å². The summed E-state index contributed by atoms with van der Waals surface area (Å²) in [5, 5.41) is 9.81. The lowest BCUT2D eigenvalue weighted by atomic mass is 9.92. The van der Waals surface area contributed by atoms with Crippen molar-refractivity contribution in [1.82, 2.24) is 9.13 Å². The first kappa shape index (κ1) is 28.6. The summed E-state index contributed by atoms with van der Waals surface area (Å²) in [5.74, 6) is 1.79. The van der Waals surface area contributed by atoms with Crippen LogP contribution < -0.4 is 4.74 Å². The largest absolute Gasteiger partial charge is 0.456 e. The maximum atomic E-state index is 6.68. The fraction of sp³-hybridized carbons (Fsp3) is 0. The molecule has 0 N–H and O–H groups in total. The normalized spacial score (nSPS) is 12.3. The van der Waals surface area contributed by atoms with E-state index in [1.165, 1.54) is 82.0 Å². The van der Waals surface area contributed by atoms with Crippen molar-refractivity contribution in [2.45, 2.75) is 0 Å². The zero-order chi connectivity index (χ0) is 34.6. The van der Waals surface area contributed by atoms with Crippen LogP contribution in [0.2, 0.25) is 0 Å². The van der Waals surface area contributed by atoms with Crippen LogP contribution in [0, 0.1) is 0 Å². The molecule has 3 nitrogen and oxygen atoms in total. The van der Waals surface area contributed by atoms with E-state index in [0.29, 0.717) is 0 Å². The molecule has 0 radical (unpaired) electrons. The van der Waals surface area contributed by atoms with E-state index >= 15 is 0 Å². The lowest BCUT2D eigenvalue weighted by molar-refractivity contribution is 0.487. The van der Waals surface area contributed by atoms with Crippen molar-refractivity contribution in [3.8, 4) is 45.1 Å². The smallest absolute Gasteiger partial charge is 0.138 e. The maximum Gasteiger partial charge on any atom is 0.138 e. The Kier molecular flexibility index (Phi) is 5.77. The predicted octanol–water partition coefficient (Wildman–Crippen LogP) is 13.6. The first-order valence-electron chi connectivity index (χ1n) is 18.2. The van der Waals surface area contributed by atoms with Gasteiger partial charge in [0, 0.05) is 49.6 Å². The molecule has 0 amide bonds. The minimum absolute atomic E-state index is 0.896. The Morgan fingerprint density at radius 1 is 0.340 bits per heavy atom. The monoisotopic (exact) mass is 674 g/mol. The van der Waals surface area contributed by atoms with Crippen LogP contribution in [-0.4, -0.2) is 9.13 Å². The third-order valence-electron chi connectivity index (χ3n) is 11.3. The minimum Gasteiger partial charge on any atom is -0.456 e. The average molecular weight is 675 g/mol. The zero-order valence-electron chi connectivity index (χ0n) is 28.6. The summed E-state index contributed by atoms with van der Waals surface area (Å²) in [5.41, 5.74) is 11.8. The van der Waals surface area contributed by atoms with Crippen molar-refractivity contribution < 1.29 is 4.74 Å². The van der Waals surface area contributed by atoms with Crippen molar-refractivity contribution in [2.24, 2.45) is 0 Å². The summed E-state index contributed by atoms with van der Waals surface area (Å²) >= 11 is 0. The molecule has 246 valence electrons. The third-order valence-corrected chi connectivity index (χ3v) is 11.3. The van der Waals surface area contributed by atoms with Crippen LogP contribution in [0.15, 0.2) is 182 Å². The van der Waals surface area contributed by atoms with Gasteiger partial charge >= 0.3 is 0 Å². The number of hydrogen-bond acceptors (Lipinski definition) is 1. The van der Waals surface area contributed by atoms with Gasteiger partial charge in [0.25, 0.3) is 0 Å². The van der Waals surface area contributed by atoms with Crippen LogP contribution in [0.25, 0.3) is 98.8 Å². The first-order chi connectivity index (χ1) is 26.3. The number of aromatic nitrogens is 2. The average Bonchev–Trinajstić information content (AvgIpc) is 3.73. The van der Waals surface area contributed by atoms with Gasteiger partial charge in [0.15, 0.2) is 0 Å². The first-order valence-corrected chi connectivity index (χ1v) is 18.2. The molecule has 1 aliphatic heterocycles. The number of para-hydroxylation sites is 3. The van der Waals surface area contributed by atoms with Crippen LogP contribution >= 0.6 is 0 Å². The number of benzene rings is 9. The van der Waals surface area contributed by atoms with Gasteiger partial charge in [-0.15, -0.1) is 0 Å². The molecular weight excluding hydrogens is 645 g/mol. The van der Waals surface area contributed by atoms with Gasteiger partial charge in [-0.1, -0.05) is 133 Å². The summed E-state index contributed by atoms with van der Waals surface area (Å²) in [6, 6.07) is 65.9. The molecule has 0 fully saturated rings. The highest BCUT2D eigenvalue weighted by Crippen LogP contribution is 2.51. The van der Waals surface area contributed by atoms with Crippen LogP contribution in [0.1, 0.15) is 0 Å². The molecule has 0 atom stereocenters. The Labute approximate surface area is 305 Å². The second-order valence-corrected chi connectivity index (χ2v) is 14.0. The van der Waals surface area contributed by atoms with Gasteiger partial charge < -0.3 is 13.9 Å². The Morgan fingerprint density at radius 3 is 1.96 bits per heavy atom. The highest BCUT2D eigenvalue weighted by Gasteiger charge is 2.25. The summed E-state index contributed by atoms with van der Waals surface area (Å²) in [4.78, 5) is 0. The summed E-state index contributed by atoms with van der Waals surface area (Å²) < 4.78 is 11.5. The van der Waals surface area contributed by atoms with Gasteiger partial charge in [0.1, 0.15) is 11.5 Å². The fourth-order valence-electron chi connectivity index (χ4n) is 9.10. The predicted molar refractivity (Wildman–Crippen MR) is 221 cm³/mol. The molecule has 0 bridgehead atoms. The van der Waals surface area contributed by atoms with Crippen molar-refractivity contribution in [1.29, 1.82) is 0 Å². The molecule has 12 rings (SSSR count). The zero-order valence-corrected chi connectivity index (χ0v) is 28.6. The van der Waals surface area contributed by atoms with Crippen molar-refractivity contribution in [3.05, 3.63) is 182 Å². The van der Waals surface area contributed by atoms with Gasteiger partial charge in [0.05, 0.1) is 27.8 Å². The van der Waals surface area contributed by atoms with Crippen molar-refractivity contribution in [3.63, 3.8) is 0 Å². The van der Waals surface area contributed by atoms with Gasteiger partial charge in [-0.2, -0.15) is 0 Å². The molecule has 2 aromatic heterocycles. The van der Waals surface area contributed by atoms with Crippen LogP contribution in [-0.2, 0) is 0 Å². The molecule has 3 heteroatoms. The van der Waals surface area contributed by atoms with Crippen LogP contribution in [0.5, 0.6) is 11.5 Å². The molecular formula is C50H30N2O. The molecule has 53 heavy (non-hydrogen) atoms. The topological polar surface area (TPSA) is 19.1 Å². The molecule has 0 spiro atoms. The van der Waals surface area contributed by atoms with Gasteiger partial charge in [0.2, 0.25) is 0 Å². The molecule has 0 aliphatic carbocycles. The van der Waals surface area contributed by atoms with E-state index in [-0.39, 0.29) is 0 Å². The van der Waals surface area contributed by atoms with E-state index in [4.69, 9.17) is 4.74 Å². The van der Waals surface area contributed by atoms with Crippen LogP contribution in [0.4, 0.5) is 0 Å². The van der Waals surface area contributed by atoms with Gasteiger partial charge in [-0.25, -0.2) is 0 Å². The Morgan fingerprint density at radius 2 is 1.02 bits per heavy atom. The Hall–Kier alpha value is -7.10. The Balaban J connectivity index is 1.17. The lowest BCUT2D eigenvalue weighted by Gasteiger charge is -2.22. The molecule has 1 aliphatic rings. The Bertz CT molecular complexity index is 3310. The van der Waals surface area contributed by atoms with Crippen LogP contribution in [0.3, 0.4) is 0 Å². The maximum absolute atomic E-state index is 6.68. The molecule has 3 heterocycles. The van der Waals surface area contributed by atoms with E-state index in [0.717, 1.165) is 28.3 Å². The summed E-state index contributed by atoms with van der Waals surface area (Å²) in [6.07, 6.45) is 0. The van der Waals surface area contributed by atoms with Gasteiger partial charge in [-0.05, 0) is 69.9 Å². The molecule has 11 aromatic rings. The van der Waals surface area contributed by atoms with Crippen molar-refractivity contribution >= 4 is 65.2 Å². The number of ether oxygens (including phenoxy) is 1. The van der Waals surface area contributed by atoms with E-state index in [2.05, 4.69) is 185 Å². The highest BCUT2D eigenvalue weighted by atomic mass is 16.5. The van der Waals surface area contributed by atoms with Gasteiger partial charge in [-0.3, -0.25) is 0 Å². The molecule has 0 unspecified atom stereocenters. The molecule has 0 saturated carbocycles. The molecule has 0 saturated heterocycles. The second kappa shape index (κ2) is 10.7. The minimum atomic E-state index is 0.896. The lowest BCUT2D eigenvalue weighted by Crippen LogP contribution is -1.98. The fourth-order valence-corrected chi connectivity index (χ4v) is 9.10. The number of rotatable bonds is 3. The number of hydrogen-bond donors (Lipinski definition) is 0. The second-order valence-electron chi connectivity index (χ2n) is 14.0. The molecule has 9 aromatic carbocycles. The quantitative estimate of drug-likeness (QED) is 0.183. The number of fused-ring (bicyclic) bond motifs is 10. The summed E-state index contributed by atoms with van der Waals surface area (Å²) in [7, 11) is 0. The van der Waals surface area contributed by atoms with Crippen molar-refractivity contribution in [2.75, 3.05) is 0 Å².